The van der Waals surface area contributed by atoms with Crippen LogP contribution >= 0.6 is 0 Å². The number of hydrogen-bond acceptors (Lipinski definition) is 6. The molecule has 0 saturated carbocycles. The van der Waals surface area contributed by atoms with Gasteiger partial charge in [-0.25, -0.2) is 5.84 Å². The van der Waals surface area contributed by atoms with Gasteiger partial charge in [-0.3, -0.25) is 0 Å². The fraction of sp³-hybridized carbons (Fsp3) is 0.231. The van der Waals surface area contributed by atoms with E-state index in [1.807, 2.05) is 6.07 Å². The lowest BCUT2D eigenvalue weighted by Gasteiger charge is -2.08. The van der Waals surface area contributed by atoms with Crippen LogP contribution in [0.3, 0.4) is 0 Å². The van der Waals surface area contributed by atoms with E-state index in [0.29, 0.717) is 11.7 Å². The van der Waals surface area contributed by atoms with Crippen molar-refractivity contribution in [1.82, 2.24) is 9.97 Å². The molecule has 1 aliphatic rings. The van der Waals surface area contributed by atoms with Crippen LogP contribution in [0.1, 0.15) is 17.5 Å². The largest absolute Gasteiger partial charge is 0.439 e. The number of benzene rings is 1. The van der Waals surface area contributed by atoms with Gasteiger partial charge in [0.1, 0.15) is 11.6 Å². The number of rotatable bonds is 3. The summed E-state index contributed by atoms with van der Waals surface area (Å²) in [6.07, 6.45) is 3.46. The number of hydrazine groups is 1. The minimum Gasteiger partial charge on any atom is -0.439 e. The summed E-state index contributed by atoms with van der Waals surface area (Å²) in [7, 11) is 0. The van der Waals surface area contributed by atoms with Crippen molar-refractivity contribution in [2.24, 2.45) is 5.84 Å². The molecule has 19 heavy (non-hydrogen) atoms. The highest BCUT2D eigenvalue weighted by molar-refractivity contribution is 5.44. The van der Waals surface area contributed by atoms with E-state index in [1.54, 1.807) is 6.07 Å². The van der Waals surface area contributed by atoms with Crippen molar-refractivity contribution in [2.75, 3.05) is 11.2 Å². The summed E-state index contributed by atoms with van der Waals surface area (Å²) in [5, 5.41) is 0. The lowest BCUT2D eigenvalue weighted by atomic mass is 10.1. The van der Waals surface area contributed by atoms with Crippen LogP contribution < -0.4 is 21.7 Å². The number of ether oxygens (including phenoxy) is 1. The van der Waals surface area contributed by atoms with Gasteiger partial charge in [-0.1, -0.05) is 6.07 Å². The molecule has 0 bridgehead atoms. The average Bonchev–Trinajstić information content (AvgIpc) is 2.85. The zero-order valence-electron chi connectivity index (χ0n) is 10.4. The summed E-state index contributed by atoms with van der Waals surface area (Å²) >= 11 is 0. The summed E-state index contributed by atoms with van der Waals surface area (Å²) in [5.74, 6) is 6.97. The van der Waals surface area contributed by atoms with E-state index in [0.717, 1.165) is 18.6 Å². The van der Waals surface area contributed by atoms with Crippen LogP contribution in [0.4, 0.5) is 11.8 Å². The van der Waals surface area contributed by atoms with E-state index in [2.05, 4.69) is 27.5 Å². The summed E-state index contributed by atoms with van der Waals surface area (Å²) in [6.45, 7) is 0. The zero-order chi connectivity index (χ0) is 13.2. The Morgan fingerprint density at radius 2 is 1.95 bits per heavy atom. The third-order valence-electron chi connectivity index (χ3n) is 3.16. The van der Waals surface area contributed by atoms with Gasteiger partial charge >= 0.3 is 0 Å². The van der Waals surface area contributed by atoms with Crippen LogP contribution in [0, 0.1) is 0 Å². The minimum absolute atomic E-state index is 0.117. The first-order valence-electron chi connectivity index (χ1n) is 6.15. The second-order valence-electron chi connectivity index (χ2n) is 4.48. The lowest BCUT2D eigenvalue weighted by Crippen LogP contribution is -2.10. The molecule has 5 N–H and O–H groups in total. The highest BCUT2D eigenvalue weighted by Gasteiger charge is 2.12. The van der Waals surface area contributed by atoms with Crippen molar-refractivity contribution in [3.05, 3.63) is 35.4 Å². The minimum atomic E-state index is 0.117. The highest BCUT2D eigenvalue weighted by atomic mass is 16.5. The summed E-state index contributed by atoms with van der Waals surface area (Å²) in [4.78, 5) is 7.92. The van der Waals surface area contributed by atoms with Crippen molar-refractivity contribution in [1.29, 1.82) is 0 Å². The van der Waals surface area contributed by atoms with Crippen molar-refractivity contribution >= 4 is 11.8 Å². The molecule has 0 aliphatic heterocycles. The Hall–Kier alpha value is -2.34. The first-order valence-corrected chi connectivity index (χ1v) is 6.15. The molecule has 0 atom stereocenters. The summed E-state index contributed by atoms with van der Waals surface area (Å²) in [5.41, 5.74) is 10.8. The average molecular weight is 257 g/mol. The fourth-order valence-corrected chi connectivity index (χ4v) is 2.30. The number of nitrogens with one attached hydrogen (secondary N) is 1. The van der Waals surface area contributed by atoms with Gasteiger partial charge in [0, 0.05) is 6.07 Å². The van der Waals surface area contributed by atoms with E-state index in [4.69, 9.17) is 16.3 Å². The zero-order valence-corrected chi connectivity index (χ0v) is 10.4. The standard InChI is InChI=1S/C13H15N5O/c14-13-16-11(18-15)7-12(17-13)19-10-5-4-8-2-1-3-9(8)6-10/h4-7H,1-3,15H2,(H3,14,16,17,18). The monoisotopic (exact) mass is 257 g/mol. The molecule has 0 radical (unpaired) electrons. The Morgan fingerprint density at radius 1 is 1.11 bits per heavy atom. The molecule has 1 aromatic carbocycles. The van der Waals surface area contributed by atoms with Crippen LogP contribution in [0.2, 0.25) is 0 Å². The van der Waals surface area contributed by atoms with E-state index in [1.165, 1.54) is 17.5 Å². The van der Waals surface area contributed by atoms with E-state index < -0.39 is 0 Å². The number of nitrogen functional groups attached to an aromatic ring is 2. The number of aromatic nitrogens is 2. The number of fused-ring (bicyclic) bond motifs is 1. The summed E-state index contributed by atoms with van der Waals surface area (Å²) < 4.78 is 5.70. The first-order chi connectivity index (χ1) is 9.24. The Labute approximate surface area is 110 Å². The predicted molar refractivity (Wildman–Crippen MR) is 72.8 cm³/mol. The molecule has 1 heterocycles. The Bertz CT molecular complexity index is 614. The molecular formula is C13H15N5O. The van der Waals surface area contributed by atoms with Crippen LogP contribution in [0.5, 0.6) is 11.6 Å². The fourth-order valence-electron chi connectivity index (χ4n) is 2.30. The normalized spacial score (nSPS) is 13.1. The maximum atomic E-state index is 5.70. The molecule has 6 nitrogen and oxygen atoms in total. The van der Waals surface area contributed by atoms with Gasteiger partial charge in [-0.15, -0.1) is 0 Å². The van der Waals surface area contributed by atoms with Crippen molar-refractivity contribution in [2.45, 2.75) is 19.3 Å². The van der Waals surface area contributed by atoms with Gasteiger partial charge in [-0.2, -0.15) is 9.97 Å². The van der Waals surface area contributed by atoms with Crippen molar-refractivity contribution in [3.8, 4) is 11.6 Å². The highest BCUT2D eigenvalue weighted by Crippen LogP contribution is 2.28. The van der Waals surface area contributed by atoms with Crippen molar-refractivity contribution in [3.63, 3.8) is 0 Å². The number of nitrogens with two attached hydrogens (primary N) is 2. The third kappa shape index (κ3) is 2.43. The van der Waals surface area contributed by atoms with E-state index in [9.17, 15) is 0 Å². The maximum Gasteiger partial charge on any atom is 0.226 e. The van der Waals surface area contributed by atoms with Gasteiger partial charge in [-0.05, 0) is 42.5 Å². The molecule has 0 saturated heterocycles. The quantitative estimate of drug-likeness (QED) is 0.571. The Kier molecular flexibility index (Phi) is 2.92. The van der Waals surface area contributed by atoms with Gasteiger partial charge in [0.05, 0.1) is 0 Å². The van der Waals surface area contributed by atoms with Crippen LogP contribution in [0.25, 0.3) is 0 Å². The topological polar surface area (TPSA) is 99.1 Å². The number of nitrogens with zero attached hydrogens (tertiary/aromatic N) is 2. The molecule has 1 aromatic heterocycles. The molecule has 98 valence electrons. The van der Waals surface area contributed by atoms with Gasteiger partial charge in [0.15, 0.2) is 0 Å². The summed E-state index contributed by atoms with van der Waals surface area (Å²) in [6, 6.07) is 7.70. The molecule has 0 amide bonds. The second-order valence-corrected chi connectivity index (χ2v) is 4.48. The molecular weight excluding hydrogens is 242 g/mol. The van der Waals surface area contributed by atoms with Gasteiger partial charge in [0.25, 0.3) is 0 Å². The maximum absolute atomic E-state index is 5.70. The second kappa shape index (κ2) is 4.74. The Morgan fingerprint density at radius 3 is 2.79 bits per heavy atom. The van der Waals surface area contributed by atoms with Gasteiger partial charge < -0.3 is 15.9 Å². The number of aryl methyl sites for hydroxylation is 2. The van der Waals surface area contributed by atoms with E-state index >= 15 is 0 Å². The van der Waals surface area contributed by atoms with Crippen LogP contribution in [-0.2, 0) is 12.8 Å². The smallest absolute Gasteiger partial charge is 0.226 e. The molecule has 0 unspecified atom stereocenters. The predicted octanol–water partition coefficient (Wildman–Crippen LogP) is 1.63. The molecule has 1 aliphatic carbocycles. The molecule has 0 spiro atoms. The molecule has 0 fully saturated rings. The van der Waals surface area contributed by atoms with E-state index in [-0.39, 0.29) is 5.95 Å². The first kappa shape index (κ1) is 11.7. The number of hydrogen-bond donors (Lipinski definition) is 3. The molecule has 3 rings (SSSR count). The van der Waals surface area contributed by atoms with Crippen LogP contribution in [0.15, 0.2) is 24.3 Å². The SMILES string of the molecule is NNc1cc(Oc2ccc3c(c2)CCC3)nc(N)n1. The third-order valence-corrected chi connectivity index (χ3v) is 3.16. The lowest BCUT2D eigenvalue weighted by molar-refractivity contribution is 0.462. The molecule has 2 aromatic rings. The van der Waals surface area contributed by atoms with Crippen molar-refractivity contribution < 1.29 is 4.74 Å². The van der Waals surface area contributed by atoms with Crippen LogP contribution in [-0.4, -0.2) is 9.97 Å². The number of anilines is 2. The van der Waals surface area contributed by atoms with Gasteiger partial charge in [0.2, 0.25) is 11.8 Å². The Balaban J connectivity index is 1.86. The molecule has 6 heteroatoms.